The maximum absolute atomic E-state index is 12.5. The van der Waals surface area contributed by atoms with E-state index in [1.54, 1.807) is 30.3 Å². The van der Waals surface area contributed by atoms with Crippen LogP contribution in [-0.2, 0) is 4.79 Å². The molecule has 0 N–H and O–H groups in total. The van der Waals surface area contributed by atoms with Gasteiger partial charge < -0.3 is 0 Å². The van der Waals surface area contributed by atoms with Gasteiger partial charge >= 0.3 is 0 Å². The first-order valence-corrected chi connectivity index (χ1v) is 7.04. The Hall–Kier alpha value is -3.33. The van der Waals surface area contributed by atoms with Crippen LogP contribution in [0.25, 0.3) is 0 Å². The average molecular weight is 303 g/mol. The molecule has 3 rings (SSSR count). The fourth-order valence-electron chi connectivity index (χ4n) is 2.20. The normalized spacial score (nSPS) is 17.4. The third kappa shape index (κ3) is 2.99. The van der Waals surface area contributed by atoms with Crippen LogP contribution in [0.4, 0.5) is 11.4 Å². The maximum Gasteiger partial charge on any atom is 0.281 e. The second kappa shape index (κ2) is 6.20. The summed E-state index contributed by atoms with van der Waals surface area (Å²) in [5, 5.41) is 22.5. The number of hydrogen-bond donors (Lipinski definition) is 0. The highest BCUT2D eigenvalue weighted by molar-refractivity contribution is 6.24. The fourth-order valence-corrected chi connectivity index (χ4v) is 2.20. The number of nitriles is 1. The number of nitrogens with zero attached hydrogens (tertiary/aromatic N) is 5. The van der Waals surface area contributed by atoms with Gasteiger partial charge in [-0.25, -0.2) is 0 Å². The summed E-state index contributed by atoms with van der Waals surface area (Å²) < 4.78 is 0. The van der Waals surface area contributed by atoms with Crippen LogP contribution < -0.4 is 5.01 Å². The lowest BCUT2D eigenvalue weighted by molar-refractivity contribution is -0.117. The number of amides is 1. The molecule has 0 spiro atoms. The Balaban J connectivity index is 1.87. The van der Waals surface area contributed by atoms with E-state index in [0.29, 0.717) is 11.4 Å². The predicted octanol–water partition coefficient (Wildman–Crippen LogP) is 3.37. The molecule has 1 unspecified atom stereocenters. The molecule has 6 nitrogen and oxygen atoms in total. The number of hydrazone groups is 1. The number of carbonyl (C=O) groups excluding carboxylic acids is 1. The summed E-state index contributed by atoms with van der Waals surface area (Å²) in [5.41, 5.74) is 2.31. The first kappa shape index (κ1) is 14.6. The van der Waals surface area contributed by atoms with Crippen molar-refractivity contribution < 1.29 is 4.79 Å². The van der Waals surface area contributed by atoms with Crippen molar-refractivity contribution in [1.82, 2.24) is 0 Å². The SMILES string of the molecule is Cc1cccc(N=NC2C(=O)N(c3ccccc3)N=C2C#N)c1. The highest BCUT2D eigenvalue weighted by Gasteiger charge is 2.37. The van der Waals surface area contributed by atoms with Gasteiger partial charge in [0.05, 0.1) is 11.4 Å². The van der Waals surface area contributed by atoms with Gasteiger partial charge in [-0.1, -0.05) is 30.3 Å². The zero-order chi connectivity index (χ0) is 16.2. The van der Waals surface area contributed by atoms with Gasteiger partial charge in [0, 0.05) is 0 Å². The summed E-state index contributed by atoms with van der Waals surface area (Å²) in [7, 11) is 0. The van der Waals surface area contributed by atoms with E-state index in [1.165, 1.54) is 5.01 Å². The highest BCUT2D eigenvalue weighted by Crippen LogP contribution is 2.23. The topological polar surface area (TPSA) is 81.2 Å². The molecule has 0 radical (unpaired) electrons. The number of para-hydroxylation sites is 1. The Labute approximate surface area is 133 Å². The van der Waals surface area contributed by atoms with Gasteiger partial charge in [-0.3, -0.25) is 4.79 Å². The smallest absolute Gasteiger partial charge is 0.269 e. The number of rotatable bonds is 3. The van der Waals surface area contributed by atoms with E-state index in [2.05, 4.69) is 15.3 Å². The number of benzene rings is 2. The second-order valence-corrected chi connectivity index (χ2v) is 5.04. The minimum atomic E-state index is -0.999. The van der Waals surface area contributed by atoms with Crippen LogP contribution in [0.2, 0.25) is 0 Å². The van der Waals surface area contributed by atoms with E-state index in [4.69, 9.17) is 0 Å². The molecule has 0 aliphatic carbocycles. The van der Waals surface area contributed by atoms with E-state index >= 15 is 0 Å². The molecule has 1 atom stereocenters. The van der Waals surface area contributed by atoms with Gasteiger partial charge in [0.1, 0.15) is 6.07 Å². The minimum Gasteiger partial charge on any atom is -0.269 e. The Kier molecular flexibility index (Phi) is 3.93. The molecule has 1 aliphatic rings. The van der Waals surface area contributed by atoms with Crippen LogP contribution in [0, 0.1) is 18.3 Å². The third-order valence-corrected chi connectivity index (χ3v) is 3.32. The highest BCUT2D eigenvalue weighted by atomic mass is 16.2. The lowest BCUT2D eigenvalue weighted by Crippen LogP contribution is -2.30. The van der Waals surface area contributed by atoms with Crippen LogP contribution in [-0.4, -0.2) is 17.7 Å². The van der Waals surface area contributed by atoms with Gasteiger partial charge in [0.15, 0.2) is 5.71 Å². The summed E-state index contributed by atoms with van der Waals surface area (Å²) in [6.45, 7) is 1.94. The van der Waals surface area contributed by atoms with Crippen molar-refractivity contribution in [2.24, 2.45) is 15.3 Å². The number of hydrogen-bond acceptors (Lipinski definition) is 5. The molecular weight excluding hydrogens is 290 g/mol. The molecule has 0 bridgehead atoms. The third-order valence-electron chi connectivity index (χ3n) is 3.32. The molecule has 2 aromatic carbocycles. The number of anilines is 1. The van der Waals surface area contributed by atoms with Crippen LogP contribution in [0.1, 0.15) is 5.56 Å². The number of azo groups is 1. The Morgan fingerprint density at radius 3 is 2.65 bits per heavy atom. The summed E-state index contributed by atoms with van der Waals surface area (Å²) in [6.07, 6.45) is 0. The molecule has 0 aromatic heterocycles. The largest absolute Gasteiger partial charge is 0.281 e. The van der Waals surface area contributed by atoms with Crippen molar-refractivity contribution in [3.63, 3.8) is 0 Å². The lowest BCUT2D eigenvalue weighted by atomic mass is 10.2. The van der Waals surface area contributed by atoms with Crippen molar-refractivity contribution in [2.45, 2.75) is 13.0 Å². The van der Waals surface area contributed by atoms with Gasteiger partial charge in [-0.15, -0.1) is 0 Å². The van der Waals surface area contributed by atoms with E-state index in [0.717, 1.165) is 5.56 Å². The van der Waals surface area contributed by atoms with Gasteiger partial charge in [-0.2, -0.15) is 25.6 Å². The van der Waals surface area contributed by atoms with Crippen LogP contribution in [0.3, 0.4) is 0 Å². The van der Waals surface area contributed by atoms with Crippen LogP contribution >= 0.6 is 0 Å². The van der Waals surface area contributed by atoms with Crippen molar-refractivity contribution in [2.75, 3.05) is 5.01 Å². The molecule has 2 aromatic rings. The molecule has 0 saturated heterocycles. The molecule has 0 fully saturated rings. The molecular formula is C17H13N5O. The quantitative estimate of drug-likeness (QED) is 0.814. The van der Waals surface area contributed by atoms with Crippen LogP contribution in [0.15, 0.2) is 69.9 Å². The first-order chi connectivity index (χ1) is 11.2. The molecule has 0 saturated carbocycles. The van der Waals surface area contributed by atoms with Crippen molar-refractivity contribution >= 4 is 23.0 Å². The molecule has 1 heterocycles. The van der Waals surface area contributed by atoms with E-state index in [1.807, 2.05) is 37.3 Å². The lowest BCUT2D eigenvalue weighted by Gasteiger charge is -2.11. The summed E-state index contributed by atoms with van der Waals surface area (Å²) >= 11 is 0. The van der Waals surface area contributed by atoms with Gasteiger partial charge in [-0.05, 0) is 36.8 Å². The number of carbonyl (C=O) groups is 1. The van der Waals surface area contributed by atoms with E-state index in [-0.39, 0.29) is 11.6 Å². The molecule has 112 valence electrons. The zero-order valence-electron chi connectivity index (χ0n) is 12.4. The average Bonchev–Trinajstić information content (AvgIpc) is 2.90. The van der Waals surface area contributed by atoms with Crippen molar-refractivity contribution in [3.05, 3.63) is 60.2 Å². The number of aryl methyl sites for hydroxylation is 1. The van der Waals surface area contributed by atoms with Crippen molar-refractivity contribution in [3.8, 4) is 6.07 Å². The molecule has 1 aliphatic heterocycles. The summed E-state index contributed by atoms with van der Waals surface area (Å²) in [4.78, 5) is 12.5. The Bertz CT molecular complexity index is 836. The fraction of sp³-hybridized carbons (Fsp3) is 0.118. The Morgan fingerprint density at radius 2 is 1.96 bits per heavy atom. The molecule has 1 amide bonds. The zero-order valence-corrected chi connectivity index (χ0v) is 12.4. The van der Waals surface area contributed by atoms with E-state index in [9.17, 15) is 10.1 Å². The molecule has 23 heavy (non-hydrogen) atoms. The minimum absolute atomic E-state index is 0.0373. The van der Waals surface area contributed by atoms with Crippen molar-refractivity contribution in [1.29, 1.82) is 5.26 Å². The monoisotopic (exact) mass is 303 g/mol. The standard InChI is InChI=1S/C17H13N5O/c1-12-6-5-7-13(10-12)19-20-16-15(11-18)21-22(17(16)23)14-8-3-2-4-9-14/h2-10,16H,1H3. The first-order valence-electron chi connectivity index (χ1n) is 7.04. The van der Waals surface area contributed by atoms with Crippen LogP contribution in [0.5, 0.6) is 0 Å². The summed E-state index contributed by atoms with van der Waals surface area (Å²) in [5.74, 6) is -0.385. The Morgan fingerprint density at radius 1 is 1.17 bits per heavy atom. The van der Waals surface area contributed by atoms with E-state index < -0.39 is 6.04 Å². The molecule has 6 heteroatoms. The summed E-state index contributed by atoms with van der Waals surface area (Å²) in [6, 6.07) is 17.3. The predicted molar refractivity (Wildman–Crippen MR) is 86.5 cm³/mol. The van der Waals surface area contributed by atoms with Gasteiger partial charge in [0.2, 0.25) is 6.04 Å². The second-order valence-electron chi connectivity index (χ2n) is 5.04. The maximum atomic E-state index is 12.5. The van der Waals surface area contributed by atoms with Gasteiger partial charge in [0.25, 0.3) is 5.91 Å².